The Balaban J connectivity index is 0.00000121. The monoisotopic (exact) mass is 236 g/mol. The zero-order chi connectivity index (χ0) is 8.32. The quantitative estimate of drug-likeness (QED) is 0.603. The van der Waals surface area contributed by atoms with Crippen LogP contribution in [0.25, 0.3) is 0 Å². The maximum absolute atomic E-state index is 10.5. The molecule has 1 aromatic rings. The van der Waals surface area contributed by atoms with Crippen molar-refractivity contribution in [2.45, 2.75) is 6.16 Å². The molecule has 1 rings (SSSR count). The summed E-state index contributed by atoms with van der Waals surface area (Å²) in [7, 11) is -3.89. The summed E-state index contributed by atoms with van der Waals surface area (Å²) in [6.07, 6.45) is -0.173. The zero-order valence-electron chi connectivity index (χ0n) is 6.55. The minimum absolute atomic E-state index is 0. The molecule has 0 unspecified atom stereocenters. The maximum atomic E-state index is 10.5. The van der Waals surface area contributed by atoms with E-state index in [1.165, 1.54) is 0 Å². The summed E-state index contributed by atoms with van der Waals surface area (Å²) in [4.78, 5) is 17.2. The summed E-state index contributed by atoms with van der Waals surface area (Å²) in [5.41, 5.74) is 0.667. The average Bonchev–Trinajstić information content (AvgIpc) is 1.85. The molecule has 0 aromatic heterocycles. The van der Waals surface area contributed by atoms with Crippen molar-refractivity contribution >= 4 is 7.60 Å². The third-order valence-corrected chi connectivity index (χ3v) is 2.01. The number of hydrogen-bond donors (Lipinski definition) is 2. The van der Waals surface area contributed by atoms with Gasteiger partial charge in [0.1, 0.15) is 0 Å². The first-order valence-corrected chi connectivity index (χ1v) is 4.96. The van der Waals surface area contributed by atoms with Crippen LogP contribution in [-0.4, -0.2) is 9.79 Å². The van der Waals surface area contributed by atoms with Crippen LogP contribution in [0, 0.1) is 0 Å². The normalized spacial score (nSPS) is 10.5. The van der Waals surface area contributed by atoms with E-state index < -0.39 is 7.60 Å². The molecule has 2 N–H and O–H groups in total. The molecular formula is C7H9O3PZn. The Kier molecular flexibility index (Phi) is 4.88. The second kappa shape index (κ2) is 4.88. The van der Waals surface area contributed by atoms with Crippen molar-refractivity contribution in [3.8, 4) is 0 Å². The molecule has 3 nitrogen and oxygen atoms in total. The van der Waals surface area contributed by atoms with Crippen LogP contribution in [0.3, 0.4) is 0 Å². The van der Waals surface area contributed by atoms with Crippen molar-refractivity contribution in [3.05, 3.63) is 35.9 Å². The van der Waals surface area contributed by atoms with Gasteiger partial charge in [-0.25, -0.2) is 0 Å². The summed E-state index contributed by atoms with van der Waals surface area (Å²) >= 11 is 0. The molecule has 0 atom stereocenters. The van der Waals surface area contributed by atoms with E-state index in [1.54, 1.807) is 24.3 Å². The molecule has 0 aliphatic carbocycles. The van der Waals surface area contributed by atoms with Gasteiger partial charge in [0.15, 0.2) is 0 Å². The Labute approximate surface area is 83.7 Å². The van der Waals surface area contributed by atoms with Gasteiger partial charge in [0.2, 0.25) is 0 Å². The maximum Gasteiger partial charge on any atom is 0.329 e. The van der Waals surface area contributed by atoms with Crippen LogP contribution in [0.1, 0.15) is 5.56 Å². The van der Waals surface area contributed by atoms with Gasteiger partial charge in [-0.1, -0.05) is 30.3 Å². The minimum atomic E-state index is -3.89. The molecule has 0 fully saturated rings. The Hall–Kier alpha value is -0.00662. The van der Waals surface area contributed by atoms with Crippen LogP contribution in [0.5, 0.6) is 0 Å². The van der Waals surface area contributed by atoms with Gasteiger partial charge in [0, 0.05) is 19.5 Å². The Morgan fingerprint density at radius 1 is 1.17 bits per heavy atom. The van der Waals surface area contributed by atoms with E-state index in [1.807, 2.05) is 6.07 Å². The fraction of sp³-hybridized carbons (Fsp3) is 0.143. The Morgan fingerprint density at radius 3 is 2.08 bits per heavy atom. The van der Waals surface area contributed by atoms with Gasteiger partial charge < -0.3 is 9.79 Å². The van der Waals surface area contributed by atoms with Crippen LogP contribution in [-0.2, 0) is 30.2 Å². The first kappa shape index (κ1) is 12.0. The number of rotatable bonds is 2. The Morgan fingerprint density at radius 2 is 1.67 bits per heavy atom. The zero-order valence-corrected chi connectivity index (χ0v) is 10.4. The molecule has 0 heterocycles. The third kappa shape index (κ3) is 4.79. The molecule has 62 valence electrons. The van der Waals surface area contributed by atoms with Gasteiger partial charge in [-0.15, -0.1) is 0 Å². The van der Waals surface area contributed by atoms with Crippen LogP contribution in [0.2, 0.25) is 0 Å². The molecule has 1 aromatic carbocycles. The van der Waals surface area contributed by atoms with Crippen molar-refractivity contribution in [2.24, 2.45) is 0 Å². The van der Waals surface area contributed by atoms with E-state index in [0.717, 1.165) is 0 Å². The molecule has 5 heteroatoms. The van der Waals surface area contributed by atoms with Crippen LogP contribution in [0.4, 0.5) is 0 Å². The van der Waals surface area contributed by atoms with E-state index >= 15 is 0 Å². The summed E-state index contributed by atoms with van der Waals surface area (Å²) in [5.74, 6) is 0. The molecule has 0 radical (unpaired) electrons. The minimum Gasteiger partial charge on any atom is -0.324 e. The second-order valence-electron chi connectivity index (χ2n) is 2.31. The predicted molar refractivity (Wildman–Crippen MR) is 42.2 cm³/mol. The van der Waals surface area contributed by atoms with E-state index in [9.17, 15) is 4.57 Å². The molecule has 0 spiro atoms. The van der Waals surface area contributed by atoms with Crippen LogP contribution < -0.4 is 0 Å². The summed E-state index contributed by atoms with van der Waals surface area (Å²) in [6.45, 7) is 0. The summed E-state index contributed by atoms with van der Waals surface area (Å²) in [6, 6.07) is 8.71. The van der Waals surface area contributed by atoms with E-state index in [4.69, 9.17) is 9.79 Å². The van der Waals surface area contributed by atoms with Crippen molar-refractivity contribution in [1.82, 2.24) is 0 Å². The topological polar surface area (TPSA) is 57.5 Å². The summed E-state index contributed by atoms with van der Waals surface area (Å²) in [5, 5.41) is 0. The van der Waals surface area contributed by atoms with E-state index in [0.29, 0.717) is 5.56 Å². The molecule has 0 aliphatic heterocycles. The smallest absolute Gasteiger partial charge is 0.324 e. The fourth-order valence-corrected chi connectivity index (χ4v) is 1.51. The van der Waals surface area contributed by atoms with Crippen molar-refractivity contribution in [3.63, 3.8) is 0 Å². The van der Waals surface area contributed by atoms with Crippen molar-refractivity contribution < 1.29 is 33.8 Å². The van der Waals surface area contributed by atoms with E-state index in [2.05, 4.69) is 0 Å². The van der Waals surface area contributed by atoms with Crippen LogP contribution in [0.15, 0.2) is 30.3 Å². The molecule has 0 amide bonds. The van der Waals surface area contributed by atoms with Gasteiger partial charge >= 0.3 is 7.60 Å². The van der Waals surface area contributed by atoms with Gasteiger partial charge in [0.25, 0.3) is 0 Å². The molecule has 0 aliphatic rings. The first-order valence-electron chi connectivity index (χ1n) is 3.16. The summed E-state index contributed by atoms with van der Waals surface area (Å²) < 4.78 is 10.5. The van der Waals surface area contributed by atoms with Gasteiger partial charge in [-0.3, -0.25) is 4.57 Å². The molecule has 0 saturated heterocycles. The Bertz CT molecular complexity index is 269. The second-order valence-corrected chi connectivity index (χ2v) is 3.95. The molecular weight excluding hydrogens is 228 g/mol. The van der Waals surface area contributed by atoms with Crippen LogP contribution >= 0.6 is 7.60 Å². The third-order valence-electron chi connectivity index (χ3n) is 1.23. The van der Waals surface area contributed by atoms with Crippen molar-refractivity contribution in [1.29, 1.82) is 0 Å². The molecule has 0 bridgehead atoms. The fourth-order valence-electron chi connectivity index (χ4n) is 0.821. The standard InChI is InChI=1S/C7H9O3P.Zn/c8-11(9,10)6-7-4-2-1-3-5-7;/h1-5H,6H2,(H2,8,9,10);. The van der Waals surface area contributed by atoms with Gasteiger partial charge in [0.05, 0.1) is 6.16 Å². The number of hydrogen-bond acceptors (Lipinski definition) is 1. The van der Waals surface area contributed by atoms with Gasteiger partial charge in [-0.05, 0) is 5.56 Å². The van der Waals surface area contributed by atoms with Crippen molar-refractivity contribution in [2.75, 3.05) is 0 Å². The largest absolute Gasteiger partial charge is 0.329 e. The average molecular weight is 238 g/mol. The predicted octanol–water partition coefficient (Wildman–Crippen LogP) is 1.36. The first-order chi connectivity index (χ1) is 5.08. The molecule has 12 heavy (non-hydrogen) atoms. The van der Waals surface area contributed by atoms with Gasteiger partial charge in [-0.2, -0.15) is 0 Å². The molecule has 0 saturated carbocycles. The van der Waals surface area contributed by atoms with E-state index in [-0.39, 0.29) is 25.6 Å². The SMILES string of the molecule is O=P(O)(O)Cc1ccccc1.[Zn]. The number of benzene rings is 1.